The zero-order valence-electron chi connectivity index (χ0n) is 27.4. The minimum atomic E-state index is -5.29. The number of amides is 2. The van der Waals surface area contributed by atoms with Crippen molar-refractivity contribution in [2.75, 3.05) is 23.3 Å². The Bertz CT molecular complexity index is 1840. The standard InChI is InChI=1S/C34H37F3N8O6/c1-2-24(46)41-21-15-22(28(48)27(21)47)45-17-40-25-30(39-16-20(18-9-5-3-6-10-18)19-11-7-4-8-12-19)42-33(43-31(25)45)44-14-13-23(26(44)29(38)49)51-32(50)34(35,36)37/h3-12,17,20-23,26-28,47-48H,2,13-16H2,1H3,(H2,38,49)(H,41,46)(H,39,42,43)/t21-,22+,23+,26?,27+,28-/m0/s1. The lowest BCUT2D eigenvalue weighted by atomic mass is 9.91. The van der Waals surface area contributed by atoms with Gasteiger partial charge < -0.3 is 40.8 Å². The summed E-state index contributed by atoms with van der Waals surface area (Å²) in [5, 5.41) is 28.0. The normalized spacial score (nSPS) is 23.5. The van der Waals surface area contributed by atoms with E-state index in [0.29, 0.717) is 6.54 Å². The smallest absolute Gasteiger partial charge is 0.453 e. The first-order chi connectivity index (χ1) is 24.4. The number of ether oxygens (including phenoxy) is 1. The highest BCUT2D eigenvalue weighted by molar-refractivity contribution is 5.88. The molecule has 4 aromatic rings. The number of anilines is 2. The topological polar surface area (TPSA) is 198 Å². The Morgan fingerprint density at radius 2 is 1.67 bits per heavy atom. The van der Waals surface area contributed by atoms with Gasteiger partial charge in [-0.3, -0.25) is 9.59 Å². The highest BCUT2D eigenvalue weighted by atomic mass is 19.4. The summed E-state index contributed by atoms with van der Waals surface area (Å²) < 4.78 is 45.5. The van der Waals surface area contributed by atoms with E-state index in [1.165, 1.54) is 15.8 Å². The number of aromatic nitrogens is 4. The largest absolute Gasteiger partial charge is 0.490 e. The van der Waals surface area contributed by atoms with Crippen LogP contribution in [0.4, 0.5) is 24.9 Å². The first-order valence-electron chi connectivity index (χ1n) is 16.4. The van der Waals surface area contributed by atoms with Crippen molar-refractivity contribution >= 4 is 40.7 Å². The molecule has 14 nitrogen and oxygen atoms in total. The maximum absolute atomic E-state index is 13.1. The van der Waals surface area contributed by atoms with E-state index in [4.69, 9.17) is 5.73 Å². The minimum Gasteiger partial charge on any atom is -0.453 e. The van der Waals surface area contributed by atoms with E-state index < -0.39 is 54.5 Å². The Kier molecular flexibility index (Phi) is 10.1. The lowest BCUT2D eigenvalue weighted by Crippen LogP contribution is -2.48. The quantitative estimate of drug-likeness (QED) is 0.143. The number of rotatable bonds is 11. The number of nitrogens with two attached hydrogens (primary N) is 1. The van der Waals surface area contributed by atoms with Gasteiger partial charge in [0.2, 0.25) is 17.8 Å². The number of benzene rings is 2. The van der Waals surface area contributed by atoms with Gasteiger partial charge in [-0.2, -0.15) is 23.1 Å². The van der Waals surface area contributed by atoms with E-state index >= 15 is 0 Å². The monoisotopic (exact) mass is 710 g/mol. The number of nitrogens with zero attached hydrogens (tertiary/aromatic N) is 5. The molecule has 0 spiro atoms. The molecule has 51 heavy (non-hydrogen) atoms. The maximum Gasteiger partial charge on any atom is 0.490 e. The van der Waals surface area contributed by atoms with Gasteiger partial charge in [0, 0.05) is 31.8 Å². The Hall–Kier alpha value is -5.29. The second kappa shape index (κ2) is 14.5. The average molecular weight is 711 g/mol. The first kappa shape index (κ1) is 35.5. The zero-order chi connectivity index (χ0) is 36.4. The molecule has 1 unspecified atom stereocenters. The summed E-state index contributed by atoms with van der Waals surface area (Å²) in [5.74, 6) is -3.92. The lowest BCUT2D eigenvalue weighted by Gasteiger charge is -2.26. The third kappa shape index (κ3) is 7.30. The number of carbonyl (C=O) groups excluding carboxylic acids is 3. The van der Waals surface area contributed by atoms with Crippen LogP contribution in [0.15, 0.2) is 67.0 Å². The van der Waals surface area contributed by atoms with Crippen molar-refractivity contribution in [2.24, 2.45) is 5.73 Å². The average Bonchev–Trinajstić information content (AvgIpc) is 3.81. The molecule has 6 N–H and O–H groups in total. The molecule has 6 rings (SSSR count). The molecule has 270 valence electrons. The summed E-state index contributed by atoms with van der Waals surface area (Å²) in [6.07, 6.45) is -7.93. The molecule has 0 bridgehead atoms. The van der Waals surface area contributed by atoms with Crippen LogP contribution in [0, 0.1) is 0 Å². The van der Waals surface area contributed by atoms with Gasteiger partial charge in [-0.05, 0) is 17.5 Å². The SMILES string of the molecule is CCC(=O)N[C@H]1C[C@@H](n2cnc3c(NCC(c4ccccc4)c4ccccc4)nc(N4CC[C@@H](OC(=O)C(F)(F)F)C4C(N)=O)nc32)[C@H](O)[C@@H]1O. The van der Waals surface area contributed by atoms with E-state index in [1.54, 1.807) is 6.92 Å². The van der Waals surface area contributed by atoms with Crippen LogP contribution in [-0.2, 0) is 19.1 Å². The van der Waals surface area contributed by atoms with E-state index in [1.807, 2.05) is 60.7 Å². The van der Waals surface area contributed by atoms with Crippen LogP contribution in [0.3, 0.4) is 0 Å². The van der Waals surface area contributed by atoms with E-state index in [9.17, 15) is 37.8 Å². The minimum absolute atomic E-state index is 0.0883. The molecule has 2 amide bonds. The number of primary amides is 1. The van der Waals surface area contributed by atoms with Gasteiger partial charge in [-0.1, -0.05) is 67.6 Å². The fraction of sp³-hybridized carbons (Fsp3) is 0.412. The van der Waals surface area contributed by atoms with Crippen molar-refractivity contribution in [3.63, 3.8) is 0 Å². The number of aliphatic hydroxyl groups excluding tert-OH is 2. The Labute approximate surface area is 289 Å². The number of hydrogen-bond acceptors (Lipinski definition) is 11. The second-order valence-corrected chi connectivity index (χ2v) is 12.5. The summed E-state index contributed by atoms with van der Waals surface area (Å²) >= 11 is 0. The van der Waals surface area contributed by atoms with Crippen LogP contribution in [0.1, 0.15) is 49.3 Å². The molecule has 2 aromatic carbocycles. The van der Waals surface area contributed by atoms with Crippen LogP contribution in [0.5, 0.6) is 0 Å². The van der Waals surface area contributed by atoms with Crippen LogP contribution in [-0.4, -0.2) is 97.2 Å². The molecule has 1 aliphatic heterocycles. The lowest BCUT2D eigenvalue weighted by molar-refractivity contribution is -0.205. The van der Waals surface area contributed by atoms with Gasteiger partial charge in [-0.15, -0.1) is 0 Å². The van der Waals surface area contributed by atoms with Crippen molar-refractivity contribution in [1.29, 1.82) is 0 Å². The number of fused-ring (bicyclic) bond motifs is 1. The first-order valence-corrected chi connectivity index (χ1v) is 16.4. The summed E-state index contributed by atoms with van der Waals surface area (Å²) in [6, 6.07) is 16.3. The Morgan fingerprint density at radius 1 is 1.02 bits per heavy atom. The fourth-order valence-electron chi connectivity index (χ4n) is 6.79. The molecule has 1 aliphatic carbocycles. The molecule has 1 saturated heterocycles. The Morgan fingerprint density at radius 3 is 2.25 bits per heavy atom. The van der Waals surface area contributed by atoms with E-state index in [2.05, 4.69) is 30.3 Å². The van der Waals surface area contributed by atoms with Crippen molar-refractivity contribution in [3.8, 4) is 0 Å². The Balaban J connectivity index is 1.41. The van der Waals surface area contributed by atoms with Crippen molar-refractivity contribution in [3.05, 3.63) is 78.1 Å². The summed E-state index contributed by atoms with van der Waals surface area (Å²) in [7, 11) is 0. The van der Waals surface area contributed by atoms with Gasteiger partial charge in [-0.25, -0.2) is 9.78 Å². The fourth-order valence-corrected chi connectivity index (χ4v) is 6.79. The molecule has 0 radical (unpaired) electrons. The molecule has 3 heterocycles. The molecule has 6 atom stereocenters. The molecular weight excluding hydrogens is 673 g/mol. The van der Waals surface area contributed by atoms with Crippen LogP contribution in [0.25, 0.3) is 11.2 Å². The van der Waals surface area contributed by atoms with Crippen LogP contribution < -0.4 is 21.3 Å². The molecule has 2 fully saturated rings. The van der Waals surface area contributed by atoms with Gasteiger partial charge in [0.15, 0.2) is 17.0 Å². The van der Waals surface area contributed by atoms with Crippen LogP contribution in [0.2, 0.25) is 0 Å². The van der Waals surface area contributed by atoms with Crippen molar-refractivity contribution < 1.29 is 42.5 Å². The number of esters is 1. The predicted molar refractivity (Wildman–Crippen MR) is 177 cm³/mol. The zero-order valence-corrected chi connectivity index (χ0v) is 27.4. The maximum atomic E-state index is 13.1. The number of nitrogens with one attached hydrogen (secondary N) is 2. The van der Waals surface area contributed by atoms with Crippen molar-refractivity contribution in [1.82, 2.24) is 24.8 Å². The van der Waals surface area contributed by atoms with Crippen LogP contribution >= 0.6 is 0 Å². The number of hydrogen-bond donors (Lipinski definition) is 5. The summed E-state index contributed by atoms with van der Waals surface area (Å²) in [5.41, 5.74) is 8.07. The third-order valence-corrected chi connectivity index (χ3v) is 9.34. The molecule has 2 aliphatic rings. The van der Waals surface area contributed by atoms with E-state index in [0.717, 1.165) is 11.1 Å². The molecular formula is C34H37F3N8O6. The second-order valence-electron chi connectivity index (χ2n) is 12.5. The molecule has 2 aromatic heterocycles. The van der Waals surface area contributed by atoms with Gasteiger partial charge in [0.1, 0.15) is 24.4 Å². The number of carbonyl (C=O) groups is 3. The van der Waals surface area contributed by atoms with Crippen molar-refractivity contribution in [2.45, 2.75) is 74.7 Å². The number of imidazole rings is 1. The summed E-state index contributed by atoms with van der Waals surface area (Å²) in [4.78, 5) is 51.7. The number of alkyl halides is 3. The van der Waals surface area contributed by atoms with Gasteiger partial charge in [0.25, 0.3) is 0 Å². The van der Waals surface area contributed by atoms with E-state index in [-0.39, 0.29) is 60.6 Å². The highest BCUT2D eigenvalue weighted by Crippen LogP contribution is 2.36. The predicted octanol–water partition coefficient (Wildman–Crippen LogP) is 2.17. The molecule has 1 saturated carbocycles. The van der Waals surface area contributed by atoms with Gasteiger partial charge in [0.05, 0.1) is 18.4 Å². The number of halogens is 3. The number of aliphatic hydroxyl groups is 2. The highest BCUT2D eigenvalue weighted by Gasteiger charge is 2.48. The van der Waals surface area contributed by atoms with Gasteiger partial charge >= 0.3 is 12.1 Å². The third-order valence-electron chi connectivity index (χ3n) is 9.34. The summed E-state index contributed by atoms with van der Waals surface area (Å²) in [6.45, 7) is 1.87. The molecule has 17 heteroatoms.